The number of hydrogen-bond donors (Lipinski definition) is 0. The first-order valence-electron chi connectivity index (χ1n) is 8.03. The van der Waals surface area contributed by atoms with E-state index in [1.807, 2.05) is 34.9 Å². The van der Waals surface area contributed by atoms with Gasteiger partial charge in [-0.3, -0.25) is 9.69 Å². The summed E-state index contributed by atoms with van der Waals surface area (Å²) in [4.78, 5) is 17.4. The van der Waals surface area contributed by atoms with E-state index in [0.717, 1.165) is 28.9 Å². The third kappa shape index (κ3) is 3.54. The molecule has 2 atom stereocenters. The zero-order valence-corrected chi connectivity index (χ0v) is 16.0. The Balaban J connectivity index is 1.73. The zero-order chi connectivity index (χ0) is 16.4. The van der Waals surface area contributed by atoms with Crippen LogP contribution in [-0.4, -0.2) is 66.5 Å². The van der Waals surface area contributed by atoms with Crippen LogP contribution in [0.15, 0.2) is 22.7 Å². The Morgan fingerprint density at radius 1 is 1.30 bits per heavy atom. The van der Waals surface area contributed by atoms with Gasteiger partial charge in [0.1, 0.15) is 5.75 Å². The van der Waals surface area contributed by atoms with Crippen LogP contribution in [0.2, 0.25) is 0 Å². The maximum Gasteiger partial charge on any atom is 0.253 e. The Morgan fingerprint density at radius 2 is 2.04 bits per heavy atom. The van der Waals surface area contributed by atoms with Crippen molar-refractivity contribution in [1.82, 2.24) is 9.80 Å². The van der Waals surface area contributed by atoms with Crippen molar-refractivity contribution in [2.75, 3.05) is 39.5 Å². The van der Waals surface area contributed by atoms with Crippen molar-refractivity contribution in [2.45, 2.75) is 24.1 Å². The number of likely N-dealkylation sites (tertiary alicyclic amines) is 2. The Morgan fingerprint density at radius 3 is 2.65 bits per heavy atom. The molecule has 0 radical (unpaired) electrons. The van der Waals surface area contributed by atoms with Gasteiger partial charge in [-0.15, -0.1) is 0 Å². The second kappa shape index (κ2) is 7.45. The first-order chi connectivity index (χ1) is 11.1. The lowest BCUT2D eigenvalue weighted by molar-refractivity contribution is 0.0780. The molecule has 2 heterocycles. The van der Waals surface area contributed by atoms with Crippen LogP contribution in [0.5, 0.6) is 5.75 Å². The maximum atomic E-state index is 12.9. The summed E-state index contributed by atoms with van der Waals surface area (Å²) in [6.07, 6.45) is 4.74. The minimum Gasteiger partial charge on any atom is -0.496 e. The van der Waals surface area contributed by atoms with Crippen LogP contribution in [0, 0.1) is 0 Å². The zero-order valence-electron chi connectivity index (χ0n) is 13.6. The number of thioether (sulfide) groups is 1. The highest BCUT2D eigenvalue weighted by Crippen LogP contribution is 2.30. The molecule has 4 nitrogen and oxygen atoms in total. The Labute approximate surface area is 150 Å². The molecule has 23 heavy (non-hydrogen) atoms. The lowest BCUT2D eigenvalue weighted by atomic mass is 10.2. The highest BCUT2D eigenvalue weighted by atomic mass is 79.9. The van der Waals surface area contributed by atoms with Crippen molar-refractivity contribution in [3.63, 3.8) is 0 Å². The second-order valence-electron chi connectivity index (χ2n) is 6.14. The van der Waals surface area contributed by atoms with Crippen molar-refractivity contribution < 1.29 is 9.53 Å². The minimum absolute atomic E-state index is 0.120. The molecule has 126 valence electrons. The lowest BCUT2D eigenvalue weighted by Gasteiger charge is -2.27. The standard InChI is InChI=1S/C17H23BrN2O2S/c1-22-15-6-5-12(9-13(15)18)17(21)20-10-14(16(11-20)23-2)19-7-3-4-8-19/h5-6,9,14,16H,3-4,7-8,10-11H2,1-2H3/t14-,16+/m1/s1. The van der Waals surface area contributed by atoms with E-state index in [1.54, 1.807) is 7.11 Å². The number of carbonyl (C=O) groups is 1. The van der Waals surface area contributed by atoms with Crippen LogP contribution >= 0.6 is 27.7 Å². The predicted molar refractivity (Wildman–Crippen MR) is 98.5 cm³/mol. The molecule has 0 bridgehead atoms. The van der Waals surface area contributed by atoms with Crippen molar-refractivity contribution in [1.29, 1.82) is 0 Å². The molecule has 0 N–H and O–H groups in total. The van der Waals surface area contributed by atoms with E-state index in [-0.39, 0.29) is 5.91 Å². The number of nitrogens with zero attached hydrogens (tertiary/aromatic N) is 2. The van der Waals surface area contributed by atoms with Crippen molar-refractivity contribution in [3.8, 4) is 5.75 Å². The fraction of sp³-hybridized carbons (Fsp3) is 0.588. The van der Waals surface area contributed by atoms with Gasteiger partial charge in [-0.25, -0.2) is 0 Å². The molecular weight excluding hydrogens is 376 g/mol. The normalized spacial score (nSPS) is 25.1. The van der Waals surface area contributed by atoms with Crippen LogP contribution in [0.25, 0.3) is 0 Å². The molecule has 0 unspecified atom stereocenters. The fourth-order valence-corrected chi connectivity index (χ4v) is 5.00. The van der Waals surface area contributed by atoms with Crippen LogP contribution in [0.1, 0.15) is 23.2 Å². The molecule has 0 aromatic heterocycles. The molecule has 2 aliphatic heterocycles. The molecular formula is C17H23BrN2O2S. The SMILES string of the molecule is COc1ccc(C(=O)N2C[C@H](SC)[C@H](N3CCCC3)C2)cc1Br. The predicted octanol–water partition coefficient (Wildman–Crippen LogP) is 3.11. The van der Waals surface area contributed by atoms with Gasteiger partial charge in [0.25, 0.3) is 5.91 Å². The van der Waals surface area contributed by atoms with Gasteiger partial charge in [0.15, 0.2) is 0 Å². The number of ether oxygens (including phenoxy) is 1. The van der Waals surface area contributed by atoms with Crippen LogP contribution in [0.3, 0.4) is 0 Å². The first-order valence-corrected chi connectivity index (χ1v) is 10.1. The highest BCUT2D eigenvalue weighted by molar-refractivity contribution is 9.10. The van der Waals surface area contributed by atoms with E-state index < -0.39 is 0 Å². The quantitative estimate of drug-likeness (QED) is 0.779. The van der Waals surface area contributed by atoms with Gasteiger partial charge in [-0.2, -0.15) is 11.8 Å². The van der Waals surface area contributed by atoms with Crippen molar-refractivity contribution in [3.05, 3.63) is 28.2 Å². The molecule has 0 saturated carbocycles. The topological polar surface area (TPSA) is 32.8 Å². The van der Waals surface area contributed by atoms with Crippen LogP contribution in [-0.2, 0) is 0 Å². The number of benzene rings is 1. The van der Waals surface area contributed by atoms with E-state index in [2.05, 4.69) is 27.1 Å². The van der Waals surface area contributed by atoms with E-state index in [9.17, 15) is 4.79 Å². The van der Waals surface area contributed by atoms with Gasteiger partial charge in [0.2, 0.25) is 0 Å². The minimum atomic E-state index is 0.120. The average molecular weight is 399 g/mol. The Hall–Kier alpha value is -0.720. The molecule has 1 amide bonds. The molecule has 0 aliphatic carbocycles. The van der Waals surface area contributed by atoms with E-state index in [1.165, 1.54) is 25.9 Å². The first kappa shape index (κ1) is 17.1. The number of halogens is 1. The summed E-state index contributed by atoms with van der Waals surface area (Å²) < 4.78 is 6.06. The summed E-state index contributed by atoms with van der Waals surface area (Å²) in [5, 5.41) is 0.513. The van der Waals surface area contributed by atoms with Gasteiger partial charge >= 0.3 is 0 Å². The summed E-state index contributed by atoms with van der Waals surface area (Å²) in [7, 11) is 1.63. The van der Waals surface area contributed by atoms with Crippen LogP contribution in [0.4, 0.5) is 0 Å². The van der Waals surface area contributed by atoms with E-state index in [0.29, 0.717) is 11.3 Å². The smallest absolute Gasteiger partial charge is 0.253 e. The van der Waals surface area contributed by atoms with Gasteiger partial charge in [0.05, 0.1) is 11.6 Å². The molecule has 2 aliphatic rings. The molecule has 3 rings (SSSR count). The molecule has 2 saturated heterocycles. The number of hydrogen-bond acceptors (Lipinski definition) is 4. The Kier molecular flexibility index (Phi) is 5.54. The monoisotopic (exact) mass is 398 g/mol. The van der Waals surface area contributed by atoms with Crippen molar-refractivity contribution in [2.24, 2.45) is 0 Å². The second-order valence-corrected chi connectivity index (χ2v) is 8.08. The van der Waals surface area contributed by atoms with E-state index >= 15 is 0 Å². The summed E-state index contributed by atoms with van der Waals surface area (Å²) in [6, 6.07) is 6.05. The summed E-state index contributed by atoms with van der Waals surface area (Å²) >= 11 is 5.36. The van der Waals surface area contributed by atoms with Crippen LogP contribution < -0.4 is 4.74 Å². The largest absolute Gasteiger partial charge is 0.496 e. The Bertz CT molecular complexity index is 578. The van der Waals surface area contributed by atoms with Crippen molar-refractivity contribution >= 4 is 33.6 Å². The summed E-state index contributed by atoms with van der Waals surface area (Å²) in [5.74, 6) is 0.869. The van der Waals surface area contributed by atoms with Gasteiger partial charge in [-0.1, -0.05) is 0 Å². The van der Waals surface area contributed by atoms with E-state index in [4.69, 9.17) is 4.74 Å². The summed E-state index contributed by atoms with van der Waals surface area (Å²) in [6.45, 7) is 4.04. The third-order valence-corrected chi connectivity index (χ3v) is 6.52. The summed E-state index contributed by atoms with van der Waals surface area (Å²) in [5.41, 5.74) is 0.722. The lowest BCUT2D eigenvalue weighted by Crippen LogP contribution is -2.40. The molecule has 0 spiro atoms. The molecule has 6 heteroatoms. The van der Waals surface area contributed by atoms with Gasteiger partial charge in [-0.05, 0) is 66.3 Å². The number of amides is 1. The number of methoxy groups -OCH3 is 1. The molecule has 1 aromatic carbocycles. The van der Waals surface area contributed by atoms with Gasteiger partial charge < -0.3 is 9.64 Å². The molecule has 1 aromatic rings. The number of rotatable bonds is 4. The van der Waals surface area contributed by atoms with Gasteiger partial charge in [0, 0.05) is 29.9 Å². The highest BCUT2D eigenvalue weighted by Gasteiger charge is 2.39. The average Bonchev–Trinajstić information content (AvgIpc) is 3.22. The maximum absolute atomic E-state index is 12.9. The fourth-order valence-electron chi connectivity index (χ4n) is 3.56. The molecule has 2 fully saturated rings. The number of carbonyl (C=O) groups excluding carboxylic acids is 1. The third-order valence-electron chi connectivity index (χ3n) is 4.84.